The summed E-state index contributed by atoms with van der Waals surface area (Å²) in [5, 5.41) is 0. The van der Waals surface area contributed by atoms with Gasteiger partial charge < -0.3 is 4.74 Å². The zero-order chi connectivity index (χ0) is 13.7. The maximum atomic E-state index is 11.3. The molecule has 0 radical (unpaired) electrons. The fourth-order valence-electron chi connectivity index (χ4n) is 1.61. The molecule has 0 spiro atoms. The van der Waals surface area contributed by atoms with Crippen molar-refractivity contribution < 1.29 is 19.1 Å². The van der Waals surface area contributed by atoms with Gasteiger partial charge in [-0.05, 0) is 11.6 Å². The lowest BCUT2D eigenvalue weighted by Crippen LogP contribution is -2.21. The van der Waals surface area contributed by atoms with Crippen molar-refractivity contribution in [3.8, 4) is 16.9 Å². The van der Waals surface area contributed by atoms with E-state index in [9.17, 15) is 14.4 Å². The van der Waals surface area contributed by atoms with E-state index in [1.54, 1.807) is 24.3 Å². The highest BCUT2D eigenvalue weighted by Crippen LogP contribution is 2.29. The molecule has 0 bridgehead atoms. The van der Waals surface area contributed by atoms with Crippen molar-refractivity contribution in [3.05, 3.63) is 54.6 Å². The van der Waals surface area contributed by atoms with Crippen LogP contribution in [0.3, 0.4) is 0 Å². The number of hydrogen-bond acceptors (Lipinski definition) is 4. The number of carbonyl (C=O) groups is 3. The first-order valence-electron chi connectivity index (χ1n) is 5.58. The quantitative estimate of drug-likeness (QED) is 0.275. The SMILES string of the molecule is O=CC(=O)C(=O)Oc1ccccc1-c1ccccc1. The van der Waals surface area contributed by atoms with E-state index in [0.29, 0.717) is 5.56 Å². The summed E-state index contributed by atoms with van der Waals surface area (Å²) in [5.74, 6) is -2.14. The maximum Gasteiger partial charge on any atom is 0.387 e. The number of ether oxygens (including phenoxy) is 1. The third-order valence-electron chi connectivity index (χ3n) is 2.48. The molecule has 0 fully saturated rings. The van der Waals surface area contributed by atoms with E-state index in [4.69, 9.17) is 4.74 Å². The summed E-state index contributed by atoms with van der Waals surface area (Å²) < 4.78 is 4.93. The molecule has 0 saturated heterocycles. The number of hydrogen-bond donors (Lipinski definition) is 0. The molecular weight excluding hydrogens is 244 g/mol. The van der Waals surface area contributed by atoms with Crippen LogP contribution in [0.4, 0.5) is 0 Å². The Kier molecular flexibility index (Phi) is 3.83. The zero-order valence-electron chi connectivity index (χ0n) is 9.91. The molecule has 0 N–H and O–H groups in total. The molecular formula is C15H10O4. The van der Waals surface area contributed by atoms with Gasteiger partial charge in [-0.15, -0.1) is 0 Å². The van der Waals surface area contributed by atoms with Gasteiger partial charge in [0.2, 0.25) is 0 Å². The van der Waals surface area contributed by atoms with E-state index in [-0.39, 0.29) is 12.0 Å². The normalized spacial score (nSPS) is 9.68. The zero-order valence-corrected chi connectivity index (χ0v) is 9.91. The number of carbonyl (C=O) groups excluding carboxylic acids is 3. The first kappa shape index (κ1) is 12.7. The Hall–Kier alpha value is -2.75. The number of para-hydroxylation sites is 1. The summed E-state index contributed by atoms with van der Waals surface area (Å²) >= 11 is 0. The molecule has 4 nitrogen and oxygen atoms in total. The second-order valence-electron chi connectivity index (χ2n) is 3.73. The highest BCUT2D eigenvalue weighted by Gasteiger charge is 2.17. The van der Waals surface area contributed by atoms with Crippen molar-refractivity contribution in [1.82, 2.24) is 0 Å². The van der Waals surface area contributed by atoms with Crippen LogP contribution in [0.25, 0.3) is 11.1 Å². The third kappa shape index (κ3) is 2.93. The summed E-state index contributed by atoms with van der Waals surface area (Å²) in [4.78, 5) is 32.5. The monoisotopic (exact) mass is 254 g/mol. The van der Waals surface area contributed by atoms with Gasteiger partial charge in [0, 0.05) is 5.56 Å². The van der Waals surface area contributed by atoms with Crippen LogP contribution >= 0.6 is 0 Å². The lowest BCUT2D eigenvalue weighted by molar-refractivity contribution is -0.148. The van der Waals surface area contributed by atoms with Crippen LogP contribution in [0.5, 0.6) is 5.75 Å². The maximum absolute atomic E-state index is 11.3. The Morgan fingerprint density at radius 1 is 0.895 bits per heavy atom. The van der Waals surface area contributed by atoms with Crippen molar-refractivity contribution in [2.24, 2.45) is 0 Å². The number of benzene rings is 2. The second-order valence-corrected chi connectivity index (χ2v) is 3.73. The largest absolute Gasteiger partial charge is 0.420 e. The highest BCUT2D eigenvalue weighted by atomic mass is 16.5. The summed E-state index contributed by atoms with van der Waals surface area (Å²) in [6, 6.07) is 16.1. The average molecular weight is 254 g/mol. The topological polar surface area (TPSA) is 60.4 Å². The number of aldehydes is 1. The molecule has 0 aliphatic heterocycles. The van der Waals surface area contributed by atoms with Crippen LogP contribution in [0.2, 0.25) is 0 Å². The van der Waals surface area contributed by atoms with Gasteiger partial charge in [-0.1, -0.05) is 48.5 Å². The lowest BCUT2D eigenvalue weighted by Gasteiger charge is -2.08. The number of rotatable bonds is 4. The average Bonchev–Trinajstić information content (AvgIpc) is 2.47. The van der Waals surface area contributed by atoms with Gasteiger partial charge in [-0.3, -0.25) is 9.59 Å². The standard InChI is InChI=1S/C15H10O4/c16-10-13(17)15(18)19-14-9-5-4-8-12(14)11-6-2-1-3-7-11/h1-10H. The molecule has 2 aromatic carbocycles. The molecule has 2 rings (SSSR count). The Morgan fingerprint density at radius 2 is 1.53 bits per heavy atom. The van der Waals surface area contributed by atoms with E-state index < -0.39 is 11.8 Å². The fourth-order valence-corrected chi connectivity index (χ4v) is 1.61. The number of ketones is 1. The van der Waals surface area contributed by atoms with Crippen LogP contribution in [0.15, 0.2) is 54.6 Å². The predicted octanol–water partition coefficient (Wildman–Crippen LogP) is 2.03. The smallest absolute Gasteiger partial charge is 0.387 e. The van der Waals surface area contributed by atoms with Crippen molar-refractivity contribution in [2.45, 2.75) is 0 Å². The minimum absolute atomic E-state index is 0.0620. The van der Waals surface area contributed by atoms with Gasteiger partial charge >= 0.3 is 11.8 Å². The van der Waals surface area contributed by atoms with Gasteiger partial charge in [0.15, 0.2) is 6.29 Å². The Labute approximate surface area is 109 Å². The molecule has 19 heavy (non-hydrogen) atoms. The van der Waals surface area contributed by atoms with Gasteiger partial charge in [0.1, 0.15) is 5.75 Å². The van der Waals surface area contributed by atoms with Gasteiger partial charge in [-0.25, -0.2) is 4.79 Å². The molecule has 0 aromatic heterocycles. The first-order chi connectivity index (χ1) is 9.22. The minimum Gasteiger partial charge on any atom is -0.420 e. The highest BCUT2D eigenvalue weighted by molar-refractivity contribution is 6.56. The lowest BCUT2D eigenvalue weighted by atomic mass is 10.1. The molecule has 0 amide bonds. The van der Waals surface area contributed by atoms with Crippen molar-refractivity contribution >= 4 is 18.0 Å². The van der Waals surface area contributed by atoms with Gasteiger partial charge in [0.25, 0.3) is 0 Å². The number of Topliss-reactive ketones (excluding diaryl/α,β-unsaturated/α-hetero) is 1. The molecule has 94 valence electrons. The van der Waals surface area contributed by atoms with E-state index >= 15 is 0 Å². The summed E-state index contributed by atoms with van der Waals surface area (Å²) in [6.07, 6.45) is -0.0620. The Bertz CT molecular complexity index is 617. The Morgan fingerprint density at radius 3 is 2.21 bits per heavy atom. The molecule has 4 heteroatoms. The third-order valence-corrected chi connectivity index (χ3v) is 2.48. The van der Waals surface area contributed by atoms with Crippen LogP contribution in [0, 0.1) is 0 Å². The van der Waals surface area contributed by atoms with E-state index in [2.05, 4.69) is 0 Å². The summed E-state index contributed by atoms with van der Waals surface area (Å²) in [5.41, 5.74) is 1.53. The van der Waals surface area contributed by atoms with Crippen LogP contribution < -0.4 is 4.74 Å². The molecule has 0 atom stereocenters. The Balaban J connectivity index is 2.35. The van der Waals surface area contributed by atoms with Crippen molar-refractivity contribution in [1.29, 1.82) is 0 Å². The van der Waals surface area contributed by atoms with Gasteiger partial charge in [0.05, 0.1) is 0 Å². The second kappa shape index (κ2) is 5.73. The molecule has 0 aliphatic rings. The van der Waals surface area contributed by atoms with Crippen molar-refractivity contribution in [3.63, 3.8) is 0 Å². The van der Waals surface area contributed by atoms with E-state index in [1.807, 2.05) is 30.3 Å². The number of esters is 1. The molecule has 0 aliphatic carbocycles. The van der Waals surface area contributed by atoms with Crippen LogP contribution in [-0.2, 0) is 14.4 Å². The molecule has 0 unspecified atom stereocenters. The van der Waals surface area contributed by atoms with Crippen molar-refractivity contribution in [2.75, 3.05) is 0 Å². The fraction of sp³-hybridized carbons (Fsp3) is 0. The van der Waals surface area contributed by atoms with E-state index in [1.165, 1.54) is 0 Å². The first-order valence-corrected chi connectivity index (χ1v) is 5.58. The van der Waals surface area contributed by atoms with E-state index in [0.717, 1.165) is 5.56 Å². The minimum atomic E-state index is -1.21. The van der Waals surface area contributed by atoms with Crippen LogP contribution in [0.1, 0.15) is 0 Å². The predicted molar refractivity (Wildman–Crippen MR) is 68.6 cm³/mol. The summed E-state index contributed by atoms with van der Waals surface area (Å²) in [7, 11) is 0. The molecule has 0 saturated carbocycles. The van der Waals surface area contributed by atoms with Crippen LogP contribution in [-0.4, -0.2) is 18.0 Å². The molecule has 0 heterocycles. The van der Waals surface area contributed by atoms with Gasteiger partial charge in [-0.2, -0.15) is 0 Å². The summed E-state index contributed by atoms with van der Waals surface area (Å²) in [6.45, 7) is 0. The molecule has 2 aromatic rings.